The summed E-state index contributed by atoms with van der Waals surface area (Å²) >= 11 is 0. The summed E-state index contributed by atoms with van der Waals surface area (Å²) < 4.78 is 4.74. The maximum atomic E-state index is 11.9. The van der Waals surface area contributed by atoms with Crippen LogP contribution in [0.25, 0.3) is 77.0 Å². The maximum Gasteiger partial charge on any atom is 0.0576 e. The topological polar surface area (TPSA) is 50.3 Å². The molecule has 0 bridgehead atoms. The lowest BCUT2D eigenvalue weighted by Gasteiger charge is -2.35. The van der Waals surface area contributed by atoms with Crippen LogP contribution in [0.5, 0.6) is 0 Å². The Bertz CT molecular complexity index is 3060. The third-order valence-electron chi connectivity index (χ3n) is 14.1. The van der Waals surface area contributed by atoms with Crippen LogP contribution in [0.2, 0.25) is 0 Å². The summed E-state index contributed by atoms with van der Waals surface area (Å²) in [5, 5.41) is 27.6. The van der Waals surface area contributed by atoms with Gasteiger partial charge in [-0.2, -0.15) is 0 Å². The number of hydrogen-bond acceptors (Lipinski definition) is 2. The smallest absolute Gasteiger partial charge is 0.0576 e. The number of fused-ring (bicyclic) bond motifs is 9. The van der Waals surface area contributed by atoms with Crippen molar-refractivity contribution >= 4 is 43.6 Å². The largest absolute Gasteiger partial charge is 0.393 e. The Morgan fingerprint density at radius 1 is 0.516 bits per heavy atom. The van der Waals surface area contributed by atoms with Gasteiger partial charge >= 0.3 is 0 Å². The first-order valence-electron chi connectivity index (χ1n) is 23.0. The molecule has 4 heteroatoms. The number of rotatable bonds is 15. The van der Waals surface area contributed by atoms with E-state index in [-0.39, 0.29) is 0 Å². The lowest BCUT2D eigenvalue weighted by molar-refractivity contribution is 0.0713. The number of para-hydroxylation sites is 2. The molecular weight excluding hydrogens is 757 g/mol. The average Bonchev–Trinajstić information content (AvgIpc) is 3.86. The molecule has 1 aliphatic carbocycles. The maximum absolute atomic E-state index is 11.9. The summed E-state index contributed by atoms with van der Waals surface area (Å²) in [6.07, 6.45) is 7.85. The van der Waals surface area contributed by atoms with Crippen LogP contribution >= 0.6 is 0 Å². The van der Waals surface area contributed by atoms with E-state index in [0.717, 1.165) is 19.4 Å². The van der Waals surface area contributed by atoms with Gasteiger partial charge in [-0.05, 0) is 125 Å². The summed E-state index contributed by atoms with van der Waals surface area (Å²) in [4.78, 5) is 0. The van der Waals surface area contributed by atoms with E-state index in [4.69, 9.17) is 0 Å². The average molecular weight is 815 g/mol. The van der Waals surface area contributed by atoms with Gasteiger partial charge in [0.15, 0.2) is 0 Å². The fraction of sp³-hybridized carbons (Fsp3) is 0.276. The van der Waals surface area contributed by atoms with E-state index in [0.29, 0.717) is 12.8 Å². The lowest BCUT2D eigenvalue weighted by Crippen LogP contribution is -2.32. The van der Waals surface area contributed by atoms with Crippen molar-refractivity contribution in [3.8, 4) is 33.4 Å². The predicted octanol–water partition coefficient (Wildman–Crippen LogP) is 14.4. The molecular formula is C58H58N2O2. The summed E-state index contributed by atoms with van der Waals surface area (Å²) in [7, 11) is 2.16. The van der Waals surface area contributed by atoms with Crippen LogP contribution in [0.1, 0.15) is 88.3 Å². The van der Waals surface area contributed by atoms with Crippen LogP contribution in [0, 0.1) is 0 Å². The minimum atomic E-state index is -0.652. The Morgan fingerprint density at radius 3 is 1.68 bits per heavy atom. The fourth-order valence-corrected chi connectivity index (χ4v) is 11.0. The van der Waals surface area contributed by atoms with Crippen molar-refractivity contribution in [2.45, 2.75) is 95.8 Å². The van der Waals surface area contributed by atoms with Gasteiger partial charge in [-0.15, -0.1) is 0 Å². The van der Waals surface area contributed by atoms with Crippen molar-refractivity contribution in [2.24, 2.45) is 7.05 Å². The van der Waals surface area contributed by atoms with Gasteiger partial charge in [-0.1, -0.05) is 149 Å². The van der Waals surface area contributed by atoms with Crippen LogP contribution in [0.4, 0.5) is 0 Å². The molecule has 2 heterocycles. The highest BCUT2D eigenvalue weighted by atomic mass is 16.3. The number of hydrogen-bond donors (Lipinski definition) is 2. The van der Waals surface area contributed by atoms with Gasteiger partial charge in [0.25, 0.3) is 0 Å². The molecule has 1 aliphatic rings. The zero-order valence-electron chi connectivity index (χ0n) is 36.4. The number of aryl methyl sites for hydroxylation is 1. The minimum Gasteiger partial charge on any atom is -0.393 e. The Hall–Kier alpha value is -5.94. The molecule has 0 spiro atoms. The Labute approximate surface area is 366 Å². The molecule has 4 nitrogen and oxygen atoms in total. The van der Waals surface area contributed by atoms with Crippen LogP contribution < -0.4 is 0 Å². The molecule has 62 heavy (non-hydrogen) atoms. The van der Waals surface area contributed by atoms with Gasteiger partial charge < -0.3 is 19.3 Å². The number of aliphatic hydroxyl groups excluding tert-OH is 2. The summed E-state index contributed by atoms with van der Waals surface area (Å²) in [6.45, 7) is 4.89. The third kappa shape index (κ3) is 7.13. The third-order valence-corrected chi connectivity index (χ3v) is 14.1. The molecule has 2 aromatic heterocycles. The van der Waals surface area contributed by atoms with Gasteiger partial charge in [-0.3, -0.25) is 0 Å². The molecule has 0 saturated heterocycles. The van der Waals surface area contributed by atoms with E-state index in [1.807, 2.05) is 0 Å². The van der Waals surface area contributed by atoms with Crippen molar-refractivity contribution in [3.05, 3.63) is 168 Å². The Kier molecular flexibility index (Phi) is 10.8. The lowest BCUT2D eigenvalue weighted by atomic mass is 9.69. The Morgan fingerprint density at radius 2 is 1.02 bits per heavy atom. The van der Waals surface area contributed by atoms with Crippen LogP contribution in [-0.2, 0) is 19.0 Å². The van der Waals surface area contributed by atoms with Crippen LogP contribution in [0.15, 0.2) is 152 Å². The van der Waals surface area contributed by atoms with Gasteiger partial charge in [0.2, 0.25) is 0 Å². The molecule has 0 aliphatic heterocycles. The quantitative estimate of drug-likeness (QED) is 0.101. The second-order valence-corrected chi connectivity index (χ2v) is 18.2. The van der Waals surface area contributed by atoms with Crippen molar-refractivity contribution in [2.75, 3.05) is 0 Å². The molecule has 3 unspecified atom stereocenters. The fourth-order valence-electron chi connectivity index (χ4n) is 11.0. The second kappa shape index (κ2) is 16.7. The number of aliphatic hydroxyl groups is 2. The van der Waals surface area contributed by atoms with Crippen LogP contribution in [0.3, 0.4) is 0 Å². The molecule has 0 amide bonds. The van der Waals surface area contributed by atoms with E-state index >= 15 is 0 Å². The molecule has 0 radical (unpaired) electrons. The molecule has 3 atom stereocenters. The first kappa shape index (κ1) is 40.2. The van der Waals surface area contributed by atoms with E-state index in [2.05, 4.69) is 175 Å². The number of nitrogens with zero attached hydrogens (tertiary/aromatic N) is 2. The molecule has 312 valence electrons. The highest BCUT2D eigenvalue weighted by Crippen LogP contribution is 2.56. The zero-order chi connectivity index (χ0) is 42.4. The van der Waals surface area contributed by atoms with Crippen molar-refractivity contribution < 1.29 is 10.2 Å². The zero-order valence-corrected chi connectivity index (χ0v) is 36.4. The van der Waals surface area contributed by atoms with E-state index < -0.39 is 17.6 Å². The van der Waals surface area contributed by atoms with Gasteiger partial charge in [-0.25, -0.2) is 0 Å². The highest BCUT2D eigenvalue weighted by molar-refractivity contribution is 6.10. The molecule has 10 rings (SSSR count). The SMILES string of the molecule is CCCCCCCCC1(CC(O)CC(C)O)c2cc(-c3ccc4c(c3)c3ccccc3n4C)ccc2-c2ccc(-c3ccc4c(c3)c3ccccc3n4Cc3ccccc3)cc21. The molecule has 2 N–H and O–H groups in total. The van der Waals surface area contributed by atoms with E-state index in [1.54, 1.807) is 6.92 Å². The second-order valence-electron chi connectivity index (χ2n) is 18.2. The van der Waals surface area contributed by atoms with Crippen molar-refractivity contribution in [3.63, 3.8) is 0 Å². The monoisotopic (exact) mass is 814 g/mol. The van der Waals surface area contributed by atoms with Crippen molar-refractivity contribution in [1.29, 1.82) is 0 Å². The summed E-state index contributed by atoms with van der Waals surface area (Å²) in [6, 6.07) is 56.3. The van der Waals surface area contributed by atoms with Gasteiger partial charge in [0.1, 0.15) is 0 Å². The molecule has 0 fully saturated rings. The molecule has 0 saturated carbocycles. The first-order valence-corrected chi connectivity index (χ1v) is 23.0. The van der Waals surface area contributed by atoms with Gasteiger partial charge in [0, 0.05) is 62.6 Å². The minimum absolute atomic E-state index is 0.351. The predicted molar refractivity (Wildman–Crippen MR) is 261 cm³/mol. The normalized spacial score (nSPS) is 15.8. The van der Waals surface area contributed by atoms with E-state index in [1.165, 1.54) is 126 Å². The van der Waals surface area contributed by atoms with Gasteiger partial charge in [0.05, 0.1) is 12.2 Å². The first-order chi connectivity index (χ1) is 30.3. The van der Waals surface area contributed by atoms with E-state index in [9.17, 15) is 10.2 Å². The number of unbranched alkanes of at least 4 members (excludes halogenated alkanes) is 5. The summed E-state index contributed by atoms with van der Waals surface area (Å²) in [5.41, 5.74) is 15.7. The number of aromatic nitrogens is 2. The Balaban J connectivity index is 1.11. The standard InChI is InChI=1S/C58H58N2O2/c1-4-5-6-7-8-16-31-58(37-45(62)32-39(2)61)52-35-43(41-25-29-55-50(33-41)48-19-12-14-21-54(48)59(55)3)23-27-46(52)47-28-24-44(36-53(47)58)42-26-30-57-51(34-42)49-20-13-15-22-56(49)60(57)38-40-17-10-9-11-18-40/h9-15,17-30,33-36,39,45,61-62H,4-8,16,31-32,37-38H2,1-3H3. The molecule has 9 aromatic rings. The summed E-state index contributed by atoms with van der Waals surface area (Å²) in [5.74, 6) is 0. The number of benzene rings is 7. The molecule has 7 aromatic carbocycles. The highest BCUT2D eigenvalue weighted by Gasteiger charge is 2.44. The van der Waals surface area contributed by atoms with Crippen LogP contribution in [-0.4, -0.2) is 31.6 Å². The van der Waals surface area contributed by atoms with Crippen molar-refractivity contribution in [1.82, 2.24) is 9.13 Å².